The highest BCUT2D eigenvalue weighted by atomic mass is 35.5. The van der Waals surface area contributed by atoms with Crippen molar-refractivity contribution in [3.63, 3.8) is 0 Å². The number of benzene rings is 2. The van der Waals surface area contributed by atoms with Crippen LogP contribution in [0.25, 0.3) is 11.3 Å². The van der Waals surface area contributed by atoms with Crippen LogP contribution < -0.4 is 21.1 Å². The fourth-order valence-corrected chi connectivity index (χ4v) is 5.68. The van der Waals surface area contributed by atoms with Gasteiger partial charge in [0.1, 0.15) is 6.73 Å². The highest BCUT2D eigenvalue weighted by Gasteiger charge is 2.35. The summed E-state index contributed by atoms with van der Waals surface area (Å²) in [5.74, 6) is -4.30. The van der Waals surface area contributed by atoms with E-state index in [1.807, 2.05) is 0 Å². The number of piperidine rings is 1. The van der Waals surface area contributed by atoms with E-state index in [2.05, 4.69) is 15.6 Å². The van der Waals surface area contributed by atoms with Crippen LogP contribution in [-0.2, 0) is 11.8 Å². The summed E-state index contributed by atoms with van der Waals surface area (Å²) in [7, 11) is 1.48. The smallest absolute Gasteiger partial charge is 0.291 e. The Morgan fingerprint density at radius 2 is 1.86 bits per heavy atom. The largest absolute Gasteiger partial charge is 0.475 e. The molecule has 5 N–H and O–H groups in total. The average molecular weight is 632 g/mol. The van der Waals surface area contributed by atoms with Crippen LogP contribution in [0.15, 0.2) is 36.5 Å². The standard InChI is InChI=1S/C29H32ClF2N7O5/c1-37-21(18-4-5-23(44-15-33)25(32)24(18)31)13-35-26(37)27(41)36-16-2-3-17(20(30)12-16)28(42)38-8-10-39(11-9-38)29(43)19-6-7-34-14-22(19)40/h2-5,12-13,19,22,34,40H,6-11,14-15,33H2,1H3,(H,36,41)/t19-,22-/m1/s1. The molecule has 2 fully saturated rings. The number of β-amino-alcohol motifs (C(OH)–C–C–N with tert-alkyl or cyclic N) is 1. The molecule has 0 saturated carbocycles. The van der Waals surface area contributed by atoms with Crippen molar-refractivity contribution in [1.82, 2.24) is 24.7 Å². The van der Waals surface area contributed by atoms with E-state index in [0.717, 1.165) is 0 Å². The maximum atomic E-state index is 14.7. The second kappa shape index (κ2) is 13.3. The molecular weight excluding hydrogens is 600 g/mol. The van der Waals surface area contributed by atoms with E-state index in [9.17, 15) is 28.3 Å². The van der Waals surface area contributed by atoms with E-state index in [4.69, 9.17) is 22.1 Å². The van der Waals surface area contributed by atoms with E-state index >= 15 is 0 Å². The predicted molar refractivity (Wildman–Crippen MR) is 157 cm³/mol. The molecule has 0 radical (unpaired) electrons. The number of anilines is 1. The molecule has 0 spiro atoms. The normalized spacial score (nSPS) is 18.7. The maximum absolute atomic E-state index is 14.7. The van der Waals surface area contributed by atoms with Crippen molar-refractivity contribution in [2.24, 2.45) is 18.7 Å². The number of nitrogens with one attached hydrogen (secondary N) is 2. The van der Waals surface area contributed by atoms with Gasteiger partial charge in [0.15, 0.2) is 17.4 Å². The number of hydrogen-bond acceptors (Lipinski definition) is 8. The van der Waals surface area contributed by atoms with Crippen molar-refractivity contribution in [1.29, 1.82) is 0 Å². The zero-order valence-corrected chi connectivity index (χ0v) is 24.6. The highest BCUT2D eigenvalue weighted by Crippen LogP contribution is 2.30. The van der Waals surface area contributed by atoms with E-state index in [-0.39, 0.29) is 57.6 Å². The first-order valence-electron chi connectivity index (χ1n) is 14.0. The summed E-state index contributed by atoms with van der Waals surface area (Å²) in [4.78, 5) is 46.5. The van der Waals surface area contributed by atoms with Gasteiger partial charge in [-0.1, -0.05) is 11.6 Å². The molecular formula is C29H32ClF2N7O5. The number of aliphatic hydroxyl groups is 1. The number of halogens is 3. The number of imidazole rings is 1. The van der Waals surface area contributed by atoms with Crippen LogP contribution in [0.1, 0.15) is 27.4 Å². The molecule has 5 rings (SSSR count). The Bertz CT molecular complexity index is 1580. The number of piperazine rings is 1. The minimum atomic E-state index is -1.21. The van der Waals surface area contributed by atoms with Gasteiger partial charge in [0.05, 0.1) is 34.5 Å². The number of aliphatic hydroxyl groups excluding tert-OH is 1. The van der Waals surface area contributed by atoms with Crippen LogP contribution in [0, 0.1) is 17.6 Å². The fourth-order valence-electron chi connectivity index (χ4n) is 5.42. The van der Waals surface area contributed by atoms with Gasteiger partial charge in [0, 0.05) is 51.0 Å². The van der Waals surface area contributed by atoms with Crippen molar-refractivity contribution in [2.45, 2.75) is 12.5 Å². The molecule has 234 valence electrons. The van der Waals surface area contributed by atoms with Gasteiger partial charge in [-0.15, -0.1) is 0 Å². The molecule has 0 aliphatic carbocycles. The highest BCUT2D eigenvalue weighted by molar-refractivity contribution is 6.34. The monoisotopic (exact) mass is 631 g/mol. The SMILES string of the molecule is Cn1c(-c2ccc(OCN)c(F)c2F)cnc1C(=O)Nc1ccc(C(=O)N2CCN(C(=O)[C@@H]3CCNC[C@H]3O)CC2)c(Cl)c1. The van der Waals surface area contributed by atoms with Gasteiger partial charge in [0.25, 0.3) is 11.8 Å². The number of hydrogen-bond donors (Lipinski definition) is 4. The van der Waals surface area contributed by atoms with Gasteiger partial charge >= 0.3 is 0 Å². The fraction of sp³-hybridized carbons (Fsp3) is 0.379. The van der Waals surface area contributed by atoms with Crippen molar-refractivity contribution >= 4 is 35.0 Å². The third kappa shape index (κ3) is 6.24. The summed E-state index contributed by atoms with van der Waals surface area (Å²) in [6.07, 6.45) is 1.08. The summed E-state index contributed by atoms with van der Waals surface area (Å²) in [6.45, 7) is 2.06. The van der Waals surface area contributed by atoms with Crippen molar-refractivity contribution in [3.8, 4) is 17.0 Å². The molecule has 2 aliphatic heterocycles. The molecule has 12 nitrogen and oxygen atoms in total. The van der Waals surface area contributed by atoms with Gasteiger partial charge in [-0.2, -0.15) is 4.39 Å². The molecule has 2 aromatic carbocycles. The quantitative estimate of drug-likeness (QED) is 0.288. The summed E-state index contributed by atoms with van der Waals surface area (Å²) in [5.41, 5.74) is 5.79. The van der Waals surface area contributed by atoms with Gasteiger partial charge in [0.2, 0.25) is 11.7 Å². The topological polar surface area (TPSA) is 155 Å². The number of nitrogens with zero attached hydrogens (tertiary/aromatic N) is 4. The first kappa shape index (κ1) is 31.3. The van der Waals surface area contributed by atoms with Crippen LogP contribution in [0.3, 0.4) is 0 Å². The van der Waals surface area contributed by atoms with Crippen molar-refractivity contribution in [3.05, 3.63) is 64.6 Å². The predicted octanol–water partition coefficient (Wildman–Crippen LogP) is 1.82. The van der Waals surface area contributed by atoms with Crippen LogP contribution in [0.4, 0.5) is 14.5 Å². The molecule has 2 aliphatic rings. The number of ether oxygens (including phenoxy) is 1. The lowest BCUT2D eigenvalue weighted by molar-refractivity contribution is -0.141. The Labute approximate surface area is 256 Å². The number of aromatic nitrogens is 2. The molecule has 0 bridgehead atoms. The van der Waals surface area contributed by atoms with Gasteiger partial charge in [-0.3, -0.25) is 20.1 Å². The number of carbonyl (C=O) groups is 3. The first-order chi connectivity index (χ1) is 21.1. The van der Waals surface area contributed by atoms with E-state index in [1.54, 1.807) is 9.80 Å². The molecule has 44 heavy (non-hydrogen) atoms. The molecule has 3 heterocycles. The Balaban J connectivity index is 1.22. The number of amides is 3. The van der Waals surface area contributed by atoms with Gasteiger partial charge in [-0.05, 0) is 43.3 Å². The van der Waals surface area contributed by atoms with Crippen LogP contribution in [-0.4, -0.2) is 94.3 Å². The molecule has 2 atom stereocenters. The second-order valence-corrected chi connectivity index (χ2v) is 10.9. The molecule has 2 saturated heterocycles. The lowest BCUT2D eigenvalue weighted by Crippen LogP contribution is -2.55. The summed E-state index contributed by atoms with van der Waals surface area (Å²) in [6, 6.07) is 6.98. The van der Waals surface area contributed by atoms with Crippen LogP contribution in [0.5, 0.6) is 5.75 Å². The third-order valence-electron chi connectivity index (χ3n) is 7.86. The first-order valence-corrected chi connectivity index (χ1v) is 14.4. The Hall–Kier alpha value is -4.11. The number of rotatable bonds is 7. The maximum Gasteiger partial charge on any atom is 0.291 e. The lowest BCUT2D eigenvalue weighted by atomic mass is 9.93. The van der Waals surface area contributed by atoms with E-state index < -0.39 is 29.6 Å². The Morgan fingerprint density at radius 3 is 2.55 bits per heavy atom. The molecule has 3 amide bonds. The Morgan fingerprint density at radius 1 is 1.14 bits per heavy atom. The lowest BCUT2D eigenvalue weighted by Gasteiger charge is -2.38. The Kier molecular flexibility index (Phi) is 9.44. The summed E-state index contributed by atoms with van der Waals surface area (Å²) in [5, 5.41) is 16.0. The summed E-state index contributed by atoms with van der Waals surface area (Å²) >= 11 is 6.44. The zero-order valence-electron chi connectivity index (χ0n) is 23.9. The summed E-state index contributed by atoms with van der Waals surface area (Å²) < 4.78 is 35.3. The van der Waals surface area contributed by atoms with E-state index in [0.29, 0.717) is 45.7 Å². The minimum Gasteiger partial charge on any atom is -0.475 e. The minimum absolute atomic E-state index is 0.0807. The van der Waals surface area contributed by atoms with Gasteiger partial charge in [-0.25, -0.2) is 9.37 Å². The van der Waals surface area contributed by atoms with Crippen LogP contribution in [0.2, 0.25) is 5.02 Å². The third-order valence-corrected chi connectivity index (χ3v) is 8.17. The number of nitrogens with two attached hydrogens (primary N) is 1. The molecule has 15 heteroatoms. The average Bonchev–Trinajstić information content (AvgIpc) is 3.40. The van der Waals surface area contributed by atoms with E-state index in [1.165, 1.54) is 48.1 Å². The molecule has 3 aromatic rings. The van der Waals surface area contributed by atoms with Gasteiger partial charge < -0.3 is 34.8 Å². The molecule has 1 aromatic heterocycles. The van der Waals surface area contributed by atoms with Crippen molar-refractivity contribution < 1.29 is 33.0 Å². The zero-order chi connectivity index (χ0) is 31.5. The second-order valence-electron chi connectivity index (χ2n) is 10.5. The number of carbonyl (C=O) groups excluding carboxylic acids is 3. The van der Waals surface area contributed by atoms with Crippen LogP contribution >= 0.6 is 11.6 Å². The molecule has 0 unspecified atom stereocenters. The van der Waals surface area contributed by atoms with Crippen molar-refractivity contribution in [2.75, 3.05) is 51.3 Å².